The summed E-state index contributed by atoms with van der Waals surface area (Å²) in [6.07, 6.45) is 5.30. The monoisotopic (exact) mass is 258 g/mol. The zero-order chi connectivity index (χ0) is 13.3. The van der Waals surface area contributed by atoms with Gasteiger partial charge in [0.15, 0.2) is 0 Å². The number of nitrogens with zero attached hydrogens (tertiary/aromatic N) is 3. The van der Waals surface area contributed by atoms with Crippen molar-refractivity contribution in [2.45, 2.75) is 44.6 Å². The second kappa shape index (κ2) is 4.74. The summed E-state index contributed by atoms with van der Waals surface area (Å²) in [5.74, 6) is 1.07. The molecule has 0 spiro atoms. The molecule has 0 aliphatic heterocycles. The van der Waals surface area contributed by atoms with Crippen LogP contribution in [0.25, 0.3) is 11.5 Å². The average Bonchev–Trinajstić information content (AvgIpc) is 2.90. The minimum Gasteiger partial charge on any atom is -0.337 e. The molecule has 19 heavy (non-hydrogen) atoms. The van der Waals surface area contributed by atoms with E-state index in [1.807, 2.05) is 25.1 Å². The molecule has 3 rings (SSSR count). The maximum Gasteiger partial charge on any atom is 0.247 e. The number of hydrogen-bond acceptors (Lipinski definition) is 5. The van der Waals surface area contributed by atoms with Crippen LogP contribution in [0.15, 0.2) is 22.7 Å². The van der Waals surface area contributed by atoms with Crippen LogP contribution in [0, 0.1) is 6.92 Å². The summed E-state index contributed by atoms with van der Waals surface area (Å²) in [7, 11) is 0. The van der Waals surface area contributed by atoms with Crippen molar-refractivity contribution in [1.29, 1.82) is 0 Å². The molecule has 2 heterocycles. The third-order valence-corrected chi connectivity index (χ3v) is 3.72. The van der Waals surface area contributed by atoms with Gasteiger partial charge in [0.2, 0.25) is 11.7 Å². The highest BCUT2D eigenvalue weighted by molar-refractivity contribution is 5.48. The zero-order valence-electron chi connectivity index (χ0n) is 11.1. The van der Waals surface area contributed by atoms with Crippen LogP contribution < -0.4 is 5.73 Å². The first-order chi connectivity index (χ1) is 9.17. The maximum absolute atomic E-state index is 6.39. The summed E-state index contributed by atoms with van der Waals surface area (Å²) >= 11 is 0. The Morgan fingerprint density at radius 1 is 1.16 bits per heavy atom. The molecule has 1 saturated carbocycles. The fraction of sp³-hybridized carbons (Fsp3) is 0.500. The van der Waals surface area contributed by atoms with E-state index in [1.165, 1.54) is 6.42 Å². The molecule has 0 bridgehead atoms. The molecule has 100 valence electrons. The van der Waals surface area contributed by atoms with Crippen LogP contribution >= 0.6 is 0 Å². The Morgan fingerprint density at radius 3 is 2.68 bits per heavy atom. The van der Waals surface area contributed by atoms with Crippen molar-refractivity contribution in [3.8, 4) is 11.5 Å². The van der Waals surface area contributed by atoms with Crippen molar-refractivity contribution in [1.82, 2.24) is 15.1 Å². The fourth-order valence-electron chi connectivity index (χ4n) is 2.59. The van der Waals surface area contributed by atoms with Gasteiger partial charge in [-0.1, -0.05) is 30.5 Å². The standard InChI is InChI=1S/C14H18N4O/c1-10-6-5-7-11(16-10)12-17-13(19-18-12)14(15)8-3-2-4-9-14/h5-7H,2-4,8-9,15H2,1H3. The Kier molecular flexibility index (Phi) is 3.06. The number of nitrogens with two attached hydrogens (primary N) is 1. The van der Waals surface area contributed by atoms with E-state index in [-0.39, 0.29) is 0 Å². The topological polar surface area (TPSA) is 77.8 Å². The number of hydrogen-bond donors (Lipinski definition) is 1. The molecule has 1 aliphatic rings. The van der Waals surface area contributed by atoms with Crippen LogP contribution in [0.4, 0.5) is 0 Å². The first-order valence-corrected chi connectivity index (χ1v) is 6.74. The van der Waals surface area contributed by atoms with Crippen LogP contribution in [0.2, 0.25) is 0 Å². The van der Waals surface area contributed by atoms with E-state index in [4.69, 9.17) is 10.3 Å². The molecule has 5 nitrogen and oxygen atoms in total. The summed E-state index contributed by atoms with van der Waals surface area (Å²) in [5.41, 5.74) is 7.60. The number of rotatable bonds is 2. The number of pyridine rings is 1. The Hall–Kier alpha value is -1.75. The summed E-state index contributed by atoms with van der Waals surface area (Å²) in [6, 6.07) is 5.76. The highest BCUT2D eigenvalue weighted by atomic mass is 16.5. The first kappa shape index (κ1) is 12.3. The van der Waals surface area contributed by atoms with E-state index in [1.54, 1.807) is 0 Å². The summed E-state index contributed by atoms with van der Waals surface area (Å²) in [6.45, 7) is 1.94. The lowest BCUT2D eigenvalue weighted by atomic mass is 9.82. The summed E-state index contributed by atoms with van der Waals surface area (Å²) in [4.78, 5) is 8.85. The minimum atomic E-state index is -0.451. The molecule has 5 heteroatoms. The second-order valence-corrected chi connectivity index (χ2v) is 5.30. The Morgan fingerprint density at radius 2 is 1.95 bits per heavy atom. The smallest absolute Gasteiger partial charge is 0.247 e. The quantitative estimate of drug-likeness (QED) is 0.895. The van der Waals surface area contributed by atoms with E-state index < -0.39 is 5.54 Å². The molecule has 1 aliphatic carbocycles. The van der Waals surface area contributed by atoms with Gasteiger partial charge in [0.05, 0.1) is 5.54 Å². The van der Waals surface area contributed by atoms with Crippen molar-refractivity contribution < 1.29 is 4.52 Å². The van der Waals surface area contributed by atoms with Gasteiger partial charge in [-0.2, -0.15) is 4.98 Å². The lowest BCUT2D eigenvalue weighted by Crippen LogP contribution is -2.38. The van der Waals surface area contributed by atoms with E-state index in [0.29, 0.717) is 11.7 Å². The van der Waals surface area contributed by atoms with Crippen molar-refractivity contribution in [2.75, 3.05) is 0 Å². The third-order valence-electron chi connectivity index (χ3n) is 3.72. The van der Waals surface area contributed by atoms with Crippen molar-refractivity contribution in [3.63, 3.8) is 0 Å². The maximum atomic E-state index is 6.39. The van der Waals surface area contributed by atoms with Gasteiger partial charge in [0.1, 0.15) is 5.69 Å². The highest BCUT2D eigenvalue weighted by Crippen LogP contribution is 2.34. The molecule has 0 amide bonds. The lowest BCUT2D eigenvalue weighted by molar-refractivity contribution is 0.220. The normalized spacial score (nSPS) is 18.4. The lowest BCUT2D eigenvalue weighted by Gasteiger charge is -2.29. The number of aromatic nitrogens is 3. The minimum absolute atomic E-state index is 0.451. The summed E-state index contributed by atoms with van der Waals surface area (Å²) < 4.78 is 5.38. The van der Waals surface area contributed by atoms with Gasteiger partial charge in [0, 0.05) is 5.69 Å². The zero-order valence-corrected chi connectivity index (χ0v) is 11.1. The summed E-state index contributed by atoms with van der Waals surface area (Å²) in [5, 5.41) is 4.02. The van der Waals surface area contributed by atoms with Crippen molar-refractivity contribution in [3.05, 3.63) is 29.8 Å². The molecule has 2 aromatic heterocycles. The molecule has 0 saturated heterocycles. The first-order valence-electron chi connectivity index (χ1n) is 6.74. The van der Waals surface area contributed by atoms with E-state index in [9.17, 15) is 0 Å². The van der Waals surface area contributed by atoms with Crippen LogP contribution in [0.5, 0.6) is 0 Å². The SMILES string of the molecule is Cc1cccc(-c2noc(C3(N)CCCCC3)n2)n1. The van der Waals surface area contributed by atoms with Crippen LogP contribution in [0.3, 0.4) is 0 Å². The van der Waals surface area contributed by atoms with Crippen LogP contribution in [-0.2, 0) is 5.54 Å². The van der Waals surface area contributed by atoms with Gasteiger partial charge in [-0.05, 0) is 31.9 Å². The van der Waals surface area contributed by atoms with E-state index in [0.717, 1.165) is 37.1 Å². The highest BCUT2D eigenvalue weighted by Gasteiger charge is 2.35. The van der Waals surface area contributed by atoms with Crippen molar-refractivity contribution >= 4 is 0 Å². The molecule has 2 N–H and O–H groups in total. The Balaban J connectivity index is 1.91. The van der Waals surface area contributed by atoms with Gasteiger partial charge >= 0.3 is 0 Å². The van der Waals surface area contributed by atoms with Gasteiger partial charge in [-0.3, -0.25) is 0 Å². The van der Waals surface area contributed by atoms with Gasteiger partial charge < -0.3 is 10.3 Å². The predicted molar refractivity (Wildman–Crippen MR) is 71.2 cm³/mol. The van der Waals surface area contributed by atoms with Crippen LogP contribution in [-0.4, -0.2) is 15.1 Å². The molecule has 1 fully saturated rings. The molecule has 0 unspecified atom stereocenters. The average molecular weight is 258 g/mol. The molecular formula is C14H18N4O. The molecule has 0 radical (unpaired) electrons. The van der Waals surface area contributed by atoms with Crippen LogP contribution in [0.1, 0.15) is 43.7 Å². The van der Waals surface area contributed by atoms with Gasteiger partial charge in [-0.25, -0.2) is 4.98 Å². The molecule has 0 aromatic carbocycles. The predicted octanol–water partition coefficient (Wildman–Crippen LogP) is 2.56. The molecule has 0 atom stereocenters. The second-order valence-electron chi connectivity index (χ2n) is 5.30. The van der Waals surface area contributed by atoms with Gasteiger partial charge in [-0.15, -0.1) is 0 Å². The van der Waals surface area contributed by atoms with Crippen molar-refractivity contribution in [2.24, 2.45) is 5.73 Å². The molecular weight excluding hydrogens is 240 g/mol. The Bertz CT molecular complexity index is 572. The van der Waals surface area contributed by atoms with E-state index >= 15 is 0 Å². The molecule has 2 aromatic rings. The Labute approximate surface area is 112 Å². The fourth-order valence-corrected chi connectivity index (χ4v) is 2.59. The van der Waals surface area contributed by atoms with Gasteiger partial charge in [0.25, 0.3) is 0 Å². The number of aryl methyl sites for hydroxylation is 1. The van der Waals surface area contributed by atoms with E-state index in [2.05, 4.69) is 15.1 Å². The largest absolute Gasteiger partial charge is 0.337 e. The third kappa shape index (κ3) is 2.38.